The maximum atomic E-state index is 12.1. The number of nitrogens with zero attached hydrogens (tertiary/aromatic N) is 3. The monoisotopic (exact) mass is 261 g/mol. The van der Waals surface area contributed by atoms with Gasteiger partial charge in [-0.15, -0.1) is 0 Å². The van der Waals surface area contributed by atoms with Gasteiger partial charge >= 0.3 is 0 Å². The summed E-state index contributed by atoms with van der Waals surface area (Å²) in [5.74, 6) is 0.748. The molecule has 2 heterocycles. The molecule has 2 aromatic rings. The average molecular weight is 261 g/mol. The molecule has 0 radical (unpaired) electrons. The van der Waals surface area contributed by atoms with Crippen LogP contribution in [-0.2, 0) is 6.42 Å². The Balaban J connectivity index is 2.54. The first kappa shape index (κ1) is 13.3. The first-order chi connectivity index (χ1) is 8.88. The van der Waals surface area contributed by atoms with Gasteiger partial charge in [0.2, 0.25) is 0 Å². The van der Waals surface area contributed by atoms with Gasteiger partial charge < -0.3 is 5.73 Å². The molecule has 0 atom stereocenters. The first-order valence-electron chi connectivity index (χ1n) is 6.30. The van der Waals surface area contributed by atoms with Crippen LogP contribution in [-0.4, -0.2) is 19.7 Å². The number of aryl methyl sites for hydroxylation is 2. The third-order valence-electron chi connectivity index (χ3n) is 2.79. The van der Waals surface area contributed by atoms with E-state index in [0.29, 0.717) is 11.9 Å². The van der Waals surface area contributed by atoms with Crippen LogP contribution in [0.5, 0.6) is 0 Å². The van der Waals surface area contributed by atoms with Gasteiger partial charge in [0, 0.05) is 11.4 Å². The molecule has 0 unspecified atom stereocenters. The topological polar surface area (TPSA) is 89.6 Å². The Morgan fingerprint density at radius 3 is 2.42 bits per heavy atom. The Hall–Kier alpha value is -2.11. The highest BCUT2D eigenvalue weighted by Gasteiger charge is 2.15. The fourth-order valence-corrected chi connectivity index (χ4v) is 2.01. The smallest absolute Gasteiger partial charge is 0.297 e. The summed E-state index contributed by atoms with van der Waals surface area (Å²) in [6.45, 7) is 7.87. The summed E-state index contributed by atoms with van der Waals surface area (Å²) in [5, 5.41) is 3.01. The van der Waals surface area contributed by atoms with Crippen LogP contribution in [0.15, 0.2) is 10.9 Å². The van der Waals surface area contributed by atoms with Crippen molar-refractivity contribution < 1.29 is 0 Å². The van der Waals surface area contributed by atoms with Gasteiger partial charge in [-0.3, -0.25) is 9.89 Å². The number of rotatable bonds is 3. The van der Waals surface area contributed by atoms with E-state index in [0.717, 1.165) is 23.5 Å². The second-order valence-electron chi connectivity index (χ2n) is 5.19. The van der Waals surface area contributed by atoms with Gasteiger partial charge in [-0.2, -0.15) is 4.68 Å². The number of nitrogen functional groups attached to an aromatic ring is 1. The molecule has 0 aliphatic rings. The van der Waals surface area contributed by atoms with Crippen LogP contribution in [0.4, 0.5) is 5.69 Å². The van der Waals surface area contributed by atoms with Crippen molar-refractivity contribution in [2.75, 3.05) is 5.73 Å². The van der Waals surface area contributed by atoms with E-state index in [1.807, 2.05) is 19.9 Å². The van der Waals surface area contributed by atoms with E-state index in [1.54, 1.807) is 0 Å². The van der Waals surface area contributed by atoms with Gasteiger partial charge in [-0.1, -0.05) is 13.8 Å². The second kappa shape index (κ2) is 4.87. The maximum absolute atomic E-state index is 12.1. The second-order valence-corrected chi connectivity index (χ2v) is 5.19. The highest BCUT2D eigenvalue weighted by molar-refractivity contribution is 5.42. The molecule has 0 amide bonds. The molecule has 0 aliphatic carbocycles. The molecule has 19 heavy (non-hydrogen) atoms. The maximum Gasteiger partial charge on any atom is 0.297 e. The molecule has 0 bridgehead atoms. The normalized spacial score (nSPS) is 11.2. The lowest BCUT2D eigenvalue weighted by molar-refractivity contribution is 0.625. The SMILES string of the molecule is Cc1cc(C)nc(-n2[nH]c(CC(C)C)c(N)c2=O)n1. The summed E-state index contributed by atoms with van der Waals surface area (Å²) in [7, 11) is 0. The van der Waals surface area contributed by atoms with Crippen LogP contribution < -0.4 is 11.3 Å². The van der Waals surface area contributed by atoms with E-state index in [-0.39, 0.29) is 11.2 Å². The lowest BCUT2D eigenvalue weighted by Gasteiger charge is -2.04. The van der Waals surface area contributed by atoms with Crippen LogP contribution in [0, 0.1) is 19.8 Å². The Kier molecular flexibility index (Phi) is 3.42. The van der Waals surface area contributed by atoms with Gasteiger partial charge in [0.05, 0.1) is 5.69 Å². The predicted octanol–water partition coefficient (Wildman–Crippen LogP) is 1.35. The zero-order valence-corrected chi connectivity index (χ0v) is 11.7. The van der Waals surface area contributed by atoms with Crippen LogP contribution in [0.2, 0.25) is 0 Å². The summed E-state index contributed by atoms with van der Waals surface area (Å²) in [6, 6.07) is 1.86. The molecular formula is C13H19N5O. The number of H-pyrrole nitrogens is 1. The lowest BCUT2D eigenvalue weighted by atomic mass is 10.1. The van der Waals surface area contributed by atoms with Gasteiger partial charge in [0.25, 0.3) is 11.5 Å². The molecule has 0 spiro atoms. The summed E-state index contributed by atoms with van der Waals surface area (Å²) >= 11 is 0. The molecular weight excluding hydrogens is 242 g/mol. The molecule has 0 saturated carbocycles. The van der Waals surface area contributed by atoms with E-state index < -0.39 is 0 Å². The van der Waals surface area contributed by atoms with Crippen molar-refractivity contribution >= 4 is 5.69 Å². The number of nitrogens with two attached hydrogens (primary N) is 1. The minimum absolute atomic E-state index is 0.247. The number of aromatic nitrogens is 4. The largest absolute Gasteiger partial charge is 0.393 e. The summed E-state index contributed by atoms with van der Waals surface area (Å²) in [4.78, 5) is 20.6. The Morgan fingerprint density at radius 2 is 1.89 bits per heavy atom. The Labute approximate surface area is 111 Å². The van der Waals surface area contributed by atoms with Gasteiger partial charge in [-0.05, 0) is 32.3 Å². The molecule has 0 aliphatic heterocycles. The van der Waals surface area contributed by atoms with Gasteiger partial charge in [-0.25, -0.2) is 9.97 Å². The highest BCUT2D eigenvalue weighted by Crippen LogP contribution is 2.12. The fourth-order valence-electron chi connectivity index (χ4n) is 2.01. The number of hydrogen-bond donors (Lipinski definition) is 2. The van der Waals surface area contributed by atoms with Crippen LogP contribution in [0.3, 0.4) is 0 Å². The molecule has 3 N–H and O–H groups in total. The average Bonchev–Trinajstić information content (AvgIpc) is 2.55. The highest BCUT2D eigenvalue weighted by atomic mass is 16.1. The number of anilines is 1. The van der Waals surface area contributed by atoms with Gasteiger partial charge in [0.1, 0.15) is 5.69 Å². The molecule has 0 fully saturated rings. The van der Waals surface area contributed by atoms with Crippen molar-refractivity contribution in [1.82, 2.24) is 19.7 Å². The van der Waals surface area contributed by atoms with E-state index in [9.17, 15) is 4.79 Å². The summed E-state index contributed by atoms with van der Waals surface area (Å²) in [5.41, 5.74) is 8.17. The first-order valence-corrected chi connectivity index (χ1v) is 6.30. The molecule has 2 rings (SSSR count). The van der Waals surface area contributed by atoms with Crippen molar-refractivity contribution in [2.45, 2.75) is 34.1 Å². The summed E-state index contributed by atoms with van der Waals surface area (Å²) < 4.78 is 1.31. The van der Waals surface area contributed by atoms with Crippen molar-refractivity contribution in [3.05, 3.63) is 33.5 Å². The molecule has 6 heteroatoms. The van der Waals surface area contributed by atoms with Crippen molar-refractivity contribution in [3.63, 3.8) is 0 Å². The lowest BCUT2D eigenvalue weighted by Crippen LogP contribution is -2.19. The third-order valence-corrected chi connectivity index (χ3v) is 2.79. The standard InChI is InChI=1S/C13H19N5O/c1-7(2)5-10-11(14)12(19)18(17-10)13-15-8(3)6-9(4)16-13/h6-7,17H,5,14H2,1-4H3. The third kappa shape index (κ3) is 2.67. The molecule has 0 aromatic carbocycles. The minimum Gasteiger partial charge on any atom is -0.393 e. The van der Waals surface area contributed by atoms with Crippen LogP contribution in [0.25, 0.3) is 5.95 Å². The Morgan fingerprint density at radius 1 is 1.32 bits per heavy atom. The zero-order valence-electron chi connectivity index (χ0n) is 11.7. The molecule has 2 aromatic heterocycles. The van der Waals surface area contributed by atoms with Crippen LogP contribution >= 0.6 is 0 Å². The Bertz CT molecular complexity index is 633. The molecule has 0 saturated heterocycles. The van der Waals surface area contributed by atoms with E-state index in [1.165, 1.54) is 4.68 Å². The predicted molar refractivity (Wildman–Crippen MR) is 74.4 cm³/mol. The molecule has 102 valence electrons. The minimum atomic E-state index is -0.291. The van der Waals surface area contributed by atoms with Gasteiger partial charge in [0.15, 0.2) is 0 Å². The van der Waals surface area contributed by atoms with E-state index >= 15 is 0 Å². The van der Waals surface area contributed by atoms with Crippen molar-refractivity contribution in [2.24, 2.45) is 5.92 Å². The van der Waals surface area contributed by atoms with Crippen LogP contribution in [0.1, 0.15) is 30.9 Å². The number of nitrogens with one attached hydrogen (secondary N) is 1. The van der Waals surface area contributed by atoms with E-state index in [4.69, 9.17) is 5.73 Å². The quantitative estimate of drug-likeness (QED) is 0.872. The number of aromatic amines is 1. The fraction of sp³-hybridized carbons (Fsp3) is 0.462. The van der Waals surface area contributed by atoms with Crippen molar-refractivity contribution in [3.8, 4) is 5.95 Å². The zero-order chi connectivity index (χ0) is 14.2. The van der Waals surface area contributed by atoms with E-state index in [2.05, 4.69) is 28.9 Å². The summed E-state index contributed by atoms with van der Waals surface area (Å²) in [6.07, 6.45) is 0.721. The molecule has 6 nitrogen and oxygen atoms in total. The number of hydrogen-bond acceptors (Lipinski definition) is 4. The van der Waals surface area contributed by atoms with Crippen molar-refractivity contribution in [1.29, 1.82) is 0 Å².